The topological polar surface area (TPSA) is 100 Å². The molecule has 0 radical (unpaired) electrons. The van der Waals surface area contributed by atoms with Gasteiger partial charge in [0.15, 0.2) is 0 Å². The lowest BCUT2D eigenvalue weighted by atomic mass is 10.2. The maximum atomic E-state index is 11.2. The van der Waals surface area contributed by atoms with Crippen LogP contribution >= 0.6 is 0 Å². The summed E-state index contributed by atoms with van der Waals surface area (Å²) in [5.74, 6) is 0.212. The number of rotatable bonds is 5. The quantitative estimate of drug-likeness (QED) is 0.470. The fourth-order valence-corrected chi connectivity index (χ4v) is 1.42. The van der Waals surface area contributed by atoms with E-state index in [0.717, 1.165) is 0 Å². The number of anilines is 1. The van der Waals surface area contributed by atoms with Crippen molar-refractivity contribution in [2.24, 2.45) is 0 Å². The number of hydrogen-bond acceptors (Lipinski definition) is 5. The second-order valence-electron chi connectivity index (χ2n) is 4.14. The van der Waals surface area contributed by atoms with E-state index in [9.17, 15) is 14.9 Å². The molecule has 0 saturated carbocycles. The molecule has 8 nitrogen and oxygen atoms in total. The predicted octanol–water partition coefficient (Wildman–Crippen LogP) is 0.981. The first-order chi connectivity index (χ1) is 8.93. The van der Waals surface area contributed by atoms with Gasteiger partial charge in [-0.05, 0) is 13.0 Å². The molecule has 1 heterocycles. The summed E-state index contributed by atoms with van der Waals surface area (Å²) in [5.41, 5.74) is 0.501. The summed E-state index contributed by atoms with van der Waals surface area (Å²) in [5, 5.41) is 16.4. The SMILES string of the molecule is Cc1ccnc(NCCNC(=O)N(C)C)c1[N+](=O)[O-]. The summed E-state index contributed by atoms with van der Waals surface area (Å²) in [4.78, 5) is 27.0. The zero-order valence-corrected chi connectivity index (χ0v) is 11.1. The van der Waals surface area contributed by atoms with E-state index >= 15 is 0 Å². The molecule has 0 atom stereocenters. The number of carbonyl (C=O) groups excluding carboxylic acids is 1. The van der Waals surface area contributed by atoms with Crippen molar-refractivity contribution in [2.75, 3.05) is 32.5 Å². The Morgan fingerprint density at radius 1 is 1.47 bits per heavy atom. The van der Waals surface area contributed by atoms with E-state index in [2.05, 4.69) is 15.6 Å². The Labute approximate surface area is 111 Å². The Morgan fingerprint density at radius 3 is 2.74 bits per heavy atom. The summed E-state index contributed by atoms with van der Waals surface area (Å²) in [6.45, 7) is 2.36. The van der Waals surface area contributed by atoms with Crippen LogP contribution in [0.25, 0.3) is 0 Å². The van der Waals surface area contributed by atoms with Gasteiger partial charge in [0.1, 0.15) is 0 Å². The van der Waals surface area contributed by atoms with Gasteiger partial charge in [0.05, 0.1) is 4.92 Å². The molecular formula is C11H17N5O3. The number of amides is 2. The van der Waals surface area contributed by atoms with Gasteiger partial charge in [0, 0.05) is 38.9 Å². The number of pyridine rings is 1. The summed E-state index contributed by atoms with van der Waals surface area (Å²) in [7, 11) is 3.27. The van der Waals surface area contributed by atoms with Gasteiger partial charge in [0.2, 0.25) is 5.82 Å². The normalized spacial score (nSPS) is 9.84. The highest BCUT2D eigenvalue weighted by Crippen LogP contribution is 2.24. The van der Waals surface area contributed by atoms with Crippen LogP contribution in [0.1, 0.15) is 5.56 Å². The van der Waals surface area contributed by atoms with E-state index < -0.39 is 4.92 Å². The molecule has 2 amide bonds. The fourth-order valence-electron chi connectivity index (χ4n) is 1.42. The minimum absolute atomic E-state index is 0.0403. The van der Waals surface area contributed by atoms with Crippen molar-refractivity contribution in [2.45, 2.75) is 6.92 Å². The van der Waals surface area contributed by atoms with E-state index in [-0.39, 0.29) is 17.5 Å². The van der Waals surface area contributed by atoms with E-state index in [1.165, 1.54) is 11.1 Å². The molecule has 19 heavy (non-hydrogen) atoms. The molecule has 0 fully saturated rings. The van der Waals surface area contributed by atoms with Gasteiger partial charge in [-0.1, -0.05) is 0 Å². The summed E-state index contributed by atoms with van der Waals surface area (Å²) in [6, 6.07) is 1.37. The summed E-state index contributed by atoms with van der Waals surface area (Å²) >= 11 is 0. The van der Waals surface area contributed by atoms with Crippen molar-refractivity contribution in [3.63, 3.8) is 0 Å². The molecule has 0 unspecified atom stereocenters. The van der Waals surface area contributed by atoms with Crippen molar-refractivity contribution < 1.29 is 9.72 Å². The van der Waals surface area contributed by atoms with Crippen LogP contribution in [0.4, 0.5) is 16.3 Å². The van der Waals surface area contributed by atoms with Crippen LogP contribution in [-0.2, 0) is 0 Å². The molecular weight excluding hydrogens is 250 g/mol. The van der Waals surface area contributed by atoms with Crippen molar-refractivity contribution in [1.29, 1.82) is 0 Å². The minimum Gasteiger partial charge on any atom is -0.363 e. The Balaban J connectivity index is 2.57. The highest BCUT2D eigenvalue weighted by atomic mass is 16.6. The van der Waals surface area contributed by atoms with Crippen molar-refractivity contribution in [3.8, 4) is 0 Å². The zero-order chi connectivity index (χ0) is 14.4. The van der Waals surface area contributed by atoms with Crippen LogP contribution in [-0.4, -0.2) is 48.0 Å². The fraction of sp³-hybridized carbons (Fsp3) is 0.455. The van der Waals surface area contributed by atoms with Gasteiger partial charge in [-0.2, -0.15) is 0 Å². The Morgan fingerprint density at radius 2 is 2.16 bits per heavy atom. The molecule has 2 N–H and O–H groups in total. The molecule has 1 aromatic rings. The van der Waals surface area contributed by atoms with Gasteiger partial charge in [-0.25, -0.2) is 9.78 Å². The first kappa shape index (κ1) is 14.7. The lowest BCUT2D eigenvalue weighted by Crippen LogP contribution is -2.37. The molecule has 1 rings (SSSR count). The molecule has 0 aliphatic rings. The zero-order valence-electron chi connectivity index (χ0n) is 11.1. The number of nitro groups is 1. The van der Waals surface area contributed by atoms with Crippen molar-refractivity contribution >= 4 is 17.5 Å². The lowest BCUT2D eigenvalue weighted by Gasteiger charge is -2.12. The third-order valence-electron chi connectivity index (χ3n) is 2.41. The third kappa shape index (κ3) is 4.09. The van der Waals surface area contributed by atoms with E-state index in [1.807, 2.05) is 0 Å². The molecule has 0 spiro atoms. The second-order valence-corrected chi connectivity index (χ2v) is 4.14. The Bertz CT molecular complexity index is 475. The molecule has 0 aromatic carbocycles. The number of aromatic nitrogens is 1. The molecule has 8 heteroatoms. The number of carbonyl (C=O) groups is 1. The lowest BCUT2D eigenvalue weighted by molar-refractivity contribution is -0.384. The van der Waals surface area contributed by atoms with E-state index in [1.54, 1.807) is 27.1 Å². The van der Waals surface area contributed by atoms with Crippen molar-refractivity contribution in [3.05, 3.63) is 27.9 Å². The minimum atomic E-state index is -0.469. The first-order valence-corrected chi connectivity index (χ1v) is 5.72. The Kier molecular flexibility index (Phi) is 5.04. The van der Waals surface area contributed by atoms with Gasteiger partial charge in [-0.3, -0.25) is 10.1 Å². The number of nitrogens with one attached hydrogen (secondary N) is 2. The Hall–Kier alpha value is -2.38. The standard InChI is InChI=1S/C11H17N5O3/c1-8-4-5-12-10(9(8)16(18)19)13-6-7-14-11(17)15(2)3/h4-5H,6-7H2,1-3H3,(H,12,13)(H,14,17). The smallest absolute Gasteiger partial charge is 0.316 e. The molecule has 0 saturated heterocycles. The average Bonchev–Trinajstić information content (AvgIpc) is 2.33. The van der Waals surface area contributed by atoms with E-state index in [0.29, 0.717) is 18.7 Å². The molecule has 0 bridgehead atoms. The third-order valence-corrected chi connectivity index (χ3v) is 2.41. The van der Waals surface area contributed by atoms with Gasteiger partial charge in [-0.15, -0.1) is 0 Å². The number of nitrogens with zero attached hydrogens (tertiary/aromatic N) is 3. The molecule has 1 aromatic heterocycles. The molecule has 0 aliphatic carbocycles. The number of urea groups is 1. The first-order valence-electron chi connectivity index (χ1n) is 5.72. The maximum Gasteiger partial charge on any atom is 0.316 e. The summed E-state index contributed by atoms with van der Waals surface area (Å²) < 4.78 is 0. The van der Waals surface area contributed by atoms with Crippen LogP contribution in [0.15, 0.2) is 12.3 Å². The number of hydrogen-bond donors (Lipinski definition) is 2. The summed E-state index contributed by atoms with van der Waals surface area (Å²) in [6.07, 6.45) is 1.50. The molecule has 104 valence electrons. The van der Waals surface area contributed by atoms with Crippen LogP contribution in [0.5, 0.6) is 0 Å². The van der Waals surface area contributed by atoms with Gasteiger partial charge < -0.3 is 15.5 Å². The average molecular weight is 267 g/mol. The van der Waals surface area contributed by atoms with Crippen LogP contribution in [0.3, 0.4) is 0 Å². The predicted molar refractivity (Wildman–Crippen MR) is 71.2 cm³/mol. The number of aryl methyl sites for hydroxylation is 1. The van der Waals surface area contributed by atoms with Gasteiger partial charge in [0.25, 0.3) is 0 Å². The highest BCUT2D eigenvalue weighted by molar-refractivity contribution is 5.73. The second kappa shape index (κ2) is 6.53. The largest absolute Gasteiger partial charge is 0.363 e. The monoisotopic (exact) mass is 267 g/mol. The molecule has 0 aliphatic heterocycles. The highest BCUT2D eigenvalue weighted by Gasteiger charge is 2.17. The van der Waals surface area contributed by atoms with Crippen LogP contribution in [0, 0.1) is 17.0 Å². The van der Waals surface area contributed by atoms with Crippen molar-refractivity contribution in [1.82, 2.24) is 15.2 Å². The maximum absolute atomic E-state index is 11.2. The van der Waals surface area contributed by atoms with Crippen LogP contribution < -0.4 is 10.6 Å². The van der Waals surface area contributed by atoms with E-state index in [4.69, 9.17) is 0 Å². The van der Waals surface area contributed by atoms with Gasteiger partial charge >= 0.3 is 11.7 Å². The van der Waals surface area contributed by atoms with Crippen LogP contribution in [0.2, 0.25) is 0 Å².